The van der Waals surface area contributed by atoms with Gasteiger partial charge in [-0.3, -0.25) is 9.59 Å². The maximum atomic E-state index is 11.4. The third kappa shape index (κ3) is 1.54. The topological polar surface area (TPSA) is 103 Å². The monoisotopic (exact) mass is 245 g/mol. The smallest absolute Gasteiger partial charge is 0.330 e. The van der Waals surface area contributed by atoms with Gasteiger partial charge in [0.25, 0.3) is 5.17 Å². The molecule has 2 rings (SSSR count). The first-order valence-electron chi connectivity index (χ1n) is 4.76. The molecule has 8 heteroatoms. The molecule has 0 aromatic rings. The summed E-state index contributed by atoms with van der Waals surface area (Å²) in [6, 6.07) is 0. The molecule has 2 heterocycles. The summed E-state index contributed by atoms with van der Waals surface area (Å²) in [4.78, 5) is 22.8. The van der Waals surface area contributed by atoms with E-state index in [2.05, 4.69) is 10.2 Å². The van der Waals surface area contributed by atoms with Gasteiger partial charge in [-0.1, -0.05) is 6.92 Å². The van der Waals surface area contributed by atoms with Gasteiger partial charge in [0, 0.05) is 6.42 Å². The first-order chi connectivity index (χ1) is 7.58. The van der Waals surface area contributed by atoms with E-state index in [9.17, 15) is 9.59 Å². The summed E-state index contributed by atoms with van der Waals surface area (Å²) in [5.74, 6) is -1.02. The highest BCUT2D eigenvalue weighted by molar-refractivity contribution is 8.49. The molecule has 1 spiro atoms. The standard InChI is InChI=1S/C8H11N3O4S/c1-2-5-10-11-8(9)16(5)14-6(12)3-4-7(13)15-16/h2-4H2,1H3,(H2,9,11). The van der Waals surface area contributed by atoms with E-state index < -0.39 is 22.5 Å². The molecule has 0 bridgehead atoms. The first-order valence-corrected chi connectivity index (χ1v) is 6.24. The normalized spacial score (nSPS) is 25.3. The summed E-state index contributed by atoms with van der Waals surface area (Å²) in [6.45, 7) is 1.80. The lowest BCUT2D eigenvalue weighted by Crippen LogP contribution is -2.29. The predicted molar refractivity (Wildman–Crippen MR) is 58.4 cm³/mol. The van der Waals surface area contributed by atoms with Crippen molar-refractivity contribution in [3.8, 4) is 0 Å². The van der Waals surface area contributed by atoms with E-state index >= 15 is 0 Å². The van der Waals surface area contributed by atoms with Crippen LogP contribution in [0.5, 0.6) is 0 Å². The second-order valence-electron chi connectivity index (χ2n) is 3.20. The number of carbonyl (C=O) groups excluding carboxylic acids is 2. The highest BCUT2D eigenvalue weighted by Gasteiger charge is 2.43. The summed E-state index contributed by atoms with van der Waals surface area (Å²) in [5.41, 5.74) is 5.62. The Hall–Kier alpha value is -1.57. The Balaban J connectivity index is 2.40. The fraction of sp³-hybridized carbons (Fsp3) is 0.500. The van der Waals surface area contributed by atoms with Crippen LogP contribution in [0, 0.1) is 0 Å². The molecule has 0 aromatic heterocycles. The Morgan fingerprint density at radius 3 is 2.31 bits per heavy atom. The van der Waals surface area contributed by atoms with Crippen LogP contribution >= 0.6 is 10.6 Å². The molecule has 0 unspecified atom stereocenters. The van der Waals surface area contributed by atoms with Gasteiger partial charge in [-0.15, -0.1) is 10.2 Å². The second kappa shape index (κ2) is 3.78. The number of hydrogen-bond donors (Lipinski definition) is 1. The van der Waals surface area contributed by atoms with Crippen LogP contribution in [0.25, 0.3) is 0 Å². The highest BCUT2D eigenvalue weighted by Crippen LogP contribution is 2.56. The number of carbonyl (C=O) groups is 2. The van der Waals surface area contributed by atoms with E-state index in [1.165, 1.54) is 0 Å². The van der Waals surface area contributed by atoms with Crippen molar-refractivity contribution in [1.82, 2.24) is 0 Å². The van der Waals surface area contributed by atoms with Crippen molar-refractivity contribution < 1.29 is 18.0 Å². The largest absolute Gasteiger partial charge is 0.367 e. The van der Waals surface area contributed by atoms with E-state index in [4.69, 9.17) is 14.1 Å². The molecule has 0 radical (unpaired) electrons. The predicted octanol–water partition coefficient (Wildman–Crippen LogP) is 0.553. The maximum absolute atomic E-state index is 11.4. The van der Waals surface area contributed by atoms with Crippen molar-refractivity contribution in [3.63, 3.8) is 0 Å². The van der Waals surface area contributed by atoms with Gasteiger partial charge < -0.3 is 14.1 Å². The van der Waals surface area contributed by atoms with Crippen LogP contribution in [0.3, 0.4) is 0 Å². The van der Waals surface area contributed by atoms with Gasteiger partial charge in [-0.25, -0.2) is 0 Å². The van der Waals surface area contributed by atoms with Gasteiger partial charge in [0.15, 0.2) is 5.04 Å². The molecule has 0 aromatic carbocycles. The van der Waals surface area contributed by atoms with Crippen LogP contribution in [-0.2, 0) is 18.0 Å². The zero-order chi connectivity index (χ0) is 11.8. The fourth-order valence-corrected chi connectivity index (χ4v) is 3.35. The minimum atomic E-state index is -2.69. The third-order valence-electron chi connectivity index (χ3n) is 2.10. The number of amidine groups is 1. The Morgan fingerprint density at radius 1 is 1.25 bits per heavy atom. The van der Waals surface area contributed by atoms with Crippen LogP contribution in [0.1, 0.15) is 26.2 Å². The minimum Gasteiger partial charge on any atom is -0.367 e. The van der Waals surface area contributed by atoms with E-state index in [1.54, 1.807) is 6.92 Å². The van der Waals surface area contributed by atoms with Gasteiger partial charge in [0.05, 0.1) is 12.8 Å². The molecule has 7 nitrogen and oxygen atoms in total. The van der Waals surface area contributed by atoms with Crippen molar-refractivity contribution in [3.05, 3.63) is 0 Å². The Kier molecular flexibility index (Phi) is 2.58. The minimum absolute atomic E-state index is 0.00213. The van der Waals surface area contributed by atoms with Crippen molar-refractivity contribution in [2.75, 3.05) is 0 Å². The van der Waals surface area contributed by atoms with Crippen molar-refractivity contribution in [2.45, 2.75) is 26.2 Å². The quantitative estimate of drug-likeness (QED) is 0.726. The van der Waals surface area contributed by atoms with Gasteiger partial charge in [0.1, 0.15) is 0 Å². The molecular formula is C8H11N3O4S. The summed E-state index contributed by atoms with van der Waals surface area (Å²) in [6.07, 6.45) is 0.454. The van der Waals surface area contributed by atoms with E-state index in [1.807, 2.05) is 0 Å². The second-order valence-corrected chi connectivity index (χ2v) is 5.43. The van der Waals surface area contributed by atoms with Crippen LogP contribution in [0.4, 0.5) is 0 Å². The van der Waals surface area contributed by atoms with Gasteiger partial charge in [-0.05, 0) is 10.6 Å². The Morgan fingerprint density at radius 2 is 1.81 bits per heavy atom. The molecule has 88 valence electrons. The fourth-order valence-electron chi connectivity index (χ4n) is 1.34. The lowest BCUT2D eigenvalue weighted by atomic mass is 10.3. The third-order valence-corrected chi connectivity index (χ3v) is 4.57. The lowest BCUT2D eigenvalue weighted by Gasteiger charge is -2.35. The van der Waals surface area contributed by atoms with E-state index in [0.29, 0.717) is 11.5 Å². The molecule has 0 saturated carbocycles. The summed E-state index contributed by atoms with van der Waals surface area (Å²) in [5, 5.41) is 7.80. The number of rotatable bonds is 1. The van der Waals surface area contributed by atoms with Crippen LogP contribution in [0.15, 0.2) is 10.2 Å². The van der Waals surface area contributed by atoms with E-state index in [0.717, 1.165) is 0 Å². The average Bonchev–Trinajstić information content (AvgIpc) is 2.43. The van der Waals surface area contributed by atoms with Gasteiger partial charge >= 0.3 is 11.9 Å². The number of nitrogens with two attached hydrogens (primary N) is 1. The molecule has 0 atom stereocenters. The molecule has 2 aliphatic rings. The number of hydrogen-bond acceptors (Lipinski definition) is 7. The zero-order valence-electron chi connectivity index (χ0n) is 8.63. The molecule has 2 N–H and O–H groups in total. The maximum Gasteiger partial charge on any atom is 0.330 e. The molecule has 16 heavy (non-hydrogen) atoms. The highest BCUT2D eigenvalue weighted by atomic mass is 32.3. The molecule has 0 aliphatic carbocycles. The zero-order valence-corrected chi connectivity index (χ0v) is 9.45. The molecule has 1 fully saturated rings. The summed E-state index contributed by atoms with van der Waals surface area (Å²) in [7, 11) is -2.69. The van der Waals surface area contributed by atoms with Gasteiger partial charge in [-0.2, -0.15) is 0 Å². The van der Waals surface area contributed by atoms with Crippen molar-refractivity contribution >= 4 is 32.7 Å². The van der Waals surface area contributed by atoms with E-state index in [-0.39, 0.29) is 18.0 Å². The van der Waals surface area contributed by atoms with Crippen LogP contribution in [0.2, 0.25) is 0 Å². The Bertz CT molecular complexity index is 400. The lowest BCUT2D eigenvalue weighted by molar-refractivity contribution is -0.135. The molecular weight excluding hydrogens is 234 g/mol. The Labute approximate surface area is 93.4 Å². The average molecular weight is 245 g/mol. The van der Waals surface area contributed by atoms with Gasteiger partial charge in [0.2, 0.25) is 0 Å². The molecule has 0 amide bonds. The molecule has 2 aliphatic heterocycles. The van der Waals surface area contributed by atoms with Crippen LogP contribution in [-0.4, -0.2) is 22.1 Å². The summed E-state index contributed by atoms with van der Waals surface area (Å²) < 4.78 is 10.3. The first kappa shape index (κ1) is 10.9. The van der Waals surface area contributed by atoms with Crippen molar-refractivity contribution in [1.29, 1.82) is 0 Å². The van der Waals surface area contributed by atoms with Crippen molar-refractivity contribution in [2.24, 2.45) is 15.9 Å². The summed E-state index contributed by atoms with van der Waals surface area (Å²) >= 11 is 0. The number of nitrogens with zero attached hydrogens (tertiary/aromatic N) is 2. The molecule has 1 saturated heterocycles. The van der Waals surface area contributed by atoms with Crippen LogP contribution < -0.4 is 5.73 Å². The SMILES string of the molecule is CCC1=NN=C(N)S12OC(=O)CCC(=O)O2.